The van der Waals surface area contributed by atoms with E-state index in [-0.39, 0.29) is 5.91 Å². The molecule has 2 heterocycles. The van der Waals surface area contributed by atoms with Gasteiger partial charge < -0.3 is 10.3 Å². The van der Waals surface area contributed by atoms with Gasteiger partial charge in [-0.25, -0.2) is 4.98 Å². The largest absolute Gasteiger partial charge is 0.321 e. The van der Waals surface area contributed by atoms with Crippen molar-refractivity contribution in [2.45, 2.75) is 0 Å². The van der Waals surface area contributed by atoms with Gasteiger partial charge in [0.05, 0.1) is 10.5 Å². The number of halogens is 1. The Labute approximate surface area is 157 Å². The molecule has 4 aromatic rings. The number of amides is 1. The van der Waals surface area contributed by atoms with Crippen LogP contribution in [0.15, 0.2) is 59.4 Å². The number of carbonyl (C=O) groups is 1. The smallest absolute Gasteiger partial charge is 0.275 e. The van der Waals surface area contributed by atoms with Gasteiger partial charge in [0.15, 0.2) is 11.6 Å². The molecule has 0 saturated heterocycles. The second kappa shape index (κ2) is 7.07. The number of hydrogen-bond donors (Lipinski definition) is 2. The average molecular weight is 382 g/mol. The Balaban J connectivity index is 1.53. The van der Waals surface area contributed by atoms with Crippen LogP contribution in [-0.4, -0.2) is 26.1 Å². The summed E-state index contributed by atoms with van der Waals surface area (Å²) in [5, 5.41) is 13.4. The van der Waals surface area contributed by atoms with Gasteiger partial charge in [-0.15, -0.1) is 21.5 Å². The van der Waals surface area contributed by atoms with Crippen LogP contribution < -0.4 is 5.32 Å². The molecule has 0 saturated carbocycles. The minimum atomic E-state index is -0.236. The van der Waals surface area contributed by atoms with E-state index in [1.54, 1.807) is 29.1 Å². The Hall–Kier alpha value is -3.03. The van der Waals surface area contributed by atoms with E-state index < -0.39 is 0 Å². The van der Waals surface area contributed by atoms with Gasteiger partial charge in [0, 0.05) is 22.2 Å². The number of H-pyrrole nitrogens is 1. The van der Waals surface area contributed by atoms with Crippen molar-refractivity contribution < 1.29 is 4.79 Å². The number of benzene rings is 2. The molecule has 0 aliphatic rings. The molecule has 1 amide bonds. The molecule has 0 atom stereocenters. The summed E-state index contributed by atoms with van der Waals surface area (Å²) in [6, 6.07) is 14.8. The highest BCUT2D eigenvalue weighted by atomic mass is 35.5. The molecular formula is C18H12ClN5OS. The van der Waals surface area contributed by atoms with Crippen LogP contribution in [0.5, 0.6) is 0 Å². The van der Waals surface area contributed by atoms with Gasteiger partial charge in [-0.1, -0.05) is 23.7 Å². The zero-order valence-corrected chi connectivity index (χ0v) is 14.9. The second-order valence-electron chi connectivity index (χ2n) is 5.41. The van der Waals surface area contributed by atoms with E-state index in [9.17, 15) is 4.79 Å². The van der Waals surface area contributed by atoms with Gasteiger partial charge in [0.25, 0.3) is 5.91 Å². The summed E-state index contributed by atoms with van der Waals surface area (Å²) >= 11 is 7.57. The molecule has 0 fully saturated rings. The quantitative estimate of drug-likeness (QED) is 0.545. The number of hydrogen-bond acceptors (Lipinski definition) is 5. The first-order valence-electron chi connectivity index (χ1n) is 7.68. The average Bonchev–Trinajstić information content (AvgIpc) is 3.35. The van der Waals surface area contributed by atoms with E-state index in [1.807, 2.05) is 30.3 Å². The Morgan fingerprint density at radius 3 is 2.54 bits per heavy atom. The third-order valence-corrected chi connectivity index (χ3v) is 4.61. The number of thiazole rings is 1. The van der Waals surface area contributed by atoms with Crippen LogP contribution in [0.2, 0.25) is 5.02 Å². The third kappa shape index (κ3) is 3.35. The number of rotatable bonds is 4. The van der Waals surface area contributed by atoms with Gasteiger partial charge >= 0.3 is 0 Å². The minimum absolute atomic E-state index is 0.236. The Morgan fingerprint density at radius 1 is 1.04 bits per heavy atom. The van der Waals surface area contributed by atoms with Crippen LogP contribution >= 0.6 is 22.9 Å². The lowest BCUT2D eigenvalue weighted by Gasteiger charge is -2.04. The van der Waals surface area contributed by atoms with E-state index in [0.717, 1.165) is 11.1 Å². The molecule has 4 rings (SSSR count). The normalized spacial score (nSPS) is 10.7. The number of aromatic amines is 1. The highest BCUT2D eigenvalue weighted by molar-refractivity contribution is 7.07. The number of nitrogens with one attached hydrogen (secondary N) is 2. The lowest BCUT2D eigenvalue weighted by Crippen LogP contribution is -2.11. The van der Waals surface area contributed by atoms with Crippen LogP contribution in [0, 0.1) is 0 Å². The summed E-state index contributed by atoms with van der Waals surface area (Å²) in [7, 11) is 0. The van der Waals surface area contributed by atoms with Crippen molar-refractivity contribution in [3.8, 4) is 22.8 Å². The maximum atomic E-state index is 12.0. The van der Waals surface area contributed by atoms with Crippen molar-refractivity contribution in [3.63, 3.8) is 0 Å². The first-order valence-corrected chi connectivity index (χ1v) is 9.00. The maximum Gasteiger partial charge on any atom is 0.275 e. The number of aromatic nitrogens is 4. The standard InChI is InChI=1S/C18H12ClN5OS/c19-14-4-2-1-3-13(14)17-22-16(23-24-17)11-5-7-12(8-6-11)21-18(25)15-9-26-10-20-15/h1-10H,(H,21,25)(H,22,23,24). The molecule has 2 aromatic carbocycles. The van der Waals surface area contributed by atoms with Gasteiger partial charge in [-0.3, -0.25) is 4.79 Å². The highest BCUT2D eigenvalue weighted by Gasteiger charge is 2.11. The predicted octanol–water partition coefficient (Wildman–Crippen LogP) is 4.50. The Kier molecular flexibility index (Phi) is 4.47. The summed E-state index contributed by atoms with van der Waals surface area (Å²) in [4.78, 5) is 19.2. The van der Waals surface area contributed by atoms with E-state index in [1.165, 1.54) is 11.3 Å². The van der Waals surface area contributed by atoms with Crippen molar-refractivity contribution in [2.75, 3.05) is 5.32 Å². The van der Waals surface area contributed by atoms with Crippen molar-refractivity contribution in [3.05, 3.63) is 70.1 Å². The lowest BCUT2D eigenvalue weighted by molar-refractivity contribution is 0.102. The highest BCUT2D eigenvalue weighted by Crippen LogP contribution is 2.26. The van der Waals surface area contributed by atoms with Crippen LogP contribution in [-0.2, 0) is 0 Å². The van der Waals surface area contributed by atoms with Crippen LogP contribution in [0.3, 0.4) is 0 Å². The second-order valence-corrected chi connectivity index (χ2v) is 6.53. The monoisotopic (exact) mass is 381 g/mol. The van der Waals surface area contributed by atoms with Crippen molar-refractivity contribution >= 4 is 34.5 Å². The maximum absolute atomic E-state index is 12.0. The zero-order valence-electron chi connectivity index (χ0n) is 13.3. The molecule has 0 aliphatic heterocycles. The summed E-state index contributed by atoms with van der Waals surface area (Å²) in [5.74, 6) is 0.989. The third-order valence-electron chi connectivity index (χ3n) is 3.70. The van der Waals surface area contributed by atoms with E-state index in [4.69, 9.17) is 11.6 Å². The summed E-state index contributed by atoms with van der Waals surface area (Å²) in [6.45, 7) is 0. The fourth-order valence-electron chi connectivity index (χ4n) is 2.40. The van der Waals surface area contributed by atoms with Gasteiger partial charge in [-0.05, 0) is 36.4 Å². The number of nitrogens with zero attached hydrogens (tertiary/aromatic N) is 3. The molecule has 0 spiro atoms. The van der Waals surface area contributed by atoms with Crippen LogP contribution in [0.1, 0.15) is 10.5 Å². The summed E-state index contributed by atoms with van der Waals surface area (Å²) < 4.78 is 0. The van der Waals surface area contributed by atoms with Crippen molar-refractivity contribution in [2.24, 2.45) is 0 Å². The molecule has 26 heavy (non-hydrogen) atoms. The van der Waals surface area contributed by atoms with Crippen LogP contribution in [0.4, 0.5) is 5.69 Å². The fraction of sp³-hybridized carbons (Fsp3) is 0. The molecule has 6 nitrogen and oxygen atoms in total. The molecule has 128 valence electrons. The molecule has 8 heteroatoms. The zero-order chi connectivity index (χ0) is 17.9. The number of carbonyl (C=O) groups excluding carboxylic acids is 1. The minimum Gasteiger partial charge on any atom is -0.321 e. The van der Waals surface area contributed by atoms with Crippen molar-refractivity contribution in [1.29, 1.82) is 0 Å². The van der Waals surface area contributed by atoms with Gasteiger partial charge in [0.1, 0.15) is 5.69 Å². The Bertz CT molecular complexity index is 1040. The molecule has 0 aliphatic carbocycles. The first kappa shape index (κ1) is 16.4. The van der Waals surface area contributed by atoms with E-state index in [0.29, 0.717) is 28.1 Å². The lowest BCUT2D eigenvalue weighted by atomic mass is 10.2. The Morgan fingerprint density at radius 2 is 1.81 bits per heavy atom. The van der Waals surface area contributed by atoms with E-state index >= 15 is 0 Å². The number of anilines is 1. The summed E-state index contributed by atoms with van der Waals surface area (Å²) in [6.07, 6.45) is 0. The molecular weight excluding hydrogens is 370 g/mol. The predicted molar refractivity (Wildman–Crippen MR) is 102 cm³/mol. The SMILES string of the molecule is O=C(Nc1ccc(-c2nnc(-c3ccccc3Cl)[nH]2)cc1)c1cscn1. The fourth-order valence-corrected chi connectivity index (χ4v) is 3.16. The molecule has 2 aromatic heterocycles. The first-order chi connectivity index (χ1) is 12.7. The van der Waals surface area contributed by atoms with Gasteiger partial charge in [-0.2, -0.15) is 0 Å². The van der Waals surface area contributed by atoms with Crippen molar-refractivity contribution in [1.82, 2.24) is 20.2 Å². The van der Waals surface area contributed by atoms with E-state index in [2.05, 4.69) is 25.5 Å². The molecule has 0 radical (unpaired) electrons. The van der Waals surface area contributed by atoms with Gasteiger partial charge in [0.2, 0.25) is 0 Å². The molecule has 0 bridgehead atoms. The molecule has 0 unspecified atom stereocenters. The molecule has 2 N–H and O–H groups in total. The van der Waals surface area contributed by atoms with Crippen LogP contribution in [0.25, 0.3) is 22.8 Å². The topological polar surface area (TPSA) is 83.6 Å². The summed E-state index contributed by atoms with van der Waals surface area (Å²) in [5.41, 5.74) is 4.34.